The zero-order valence-corrected chi connectivity index (χ0v) is 13.4. The Morgan fingerprint density at radius 1 is 1.38 bits per heavy atom. The summed E-state index contributed by atoms with van der Waals surface area (Å²) in [7, 11) is 0. The largest absolute Gasteiger partial charge is 0.466 e. The van der Waals surface area contributed by atoms with Gasteiger partial charge in [-0.3, -0.25) is 0 Å². The lowest BCUT2D eigenvalue weighted by atomic mass is 9.79. The number of furan rings is 1. The minimum atomic E-state index is -0.0384. The molecule has 21 heavy (non-hydrogen) atoms. The molecule has 4 heteroatoms. The van der Waals surface area contributed by atoms with E-state index in [-0.39, 0.29) is 5.60 Å². The van der Waals surface area contributed by atoms with Crippen LogP contribution in [0.1, 0.15) is 49.3 Å². The maximum atomic E-state index is 6.08. The molecule has 2 aliphatic heterocycles. The van der Waals surface area contributed by atoms with Crippen molar-refractivity contribution in [3.8, 4) is 0 Å². The van der Waals surface area contributed by atoms with Gasteiger partial charge in [-0.1, -0.05) is 6.92 Å². The van der Waals surface area contributed by atoms with E-state index in [0.717, 1.165) is 57.1 Å². The Hall–Kier alpha value is -0.840. The zero-order valence-electron chi connectivity index (χ0n) is 13.4. The molecule has 3 atom stereocenters. The highest BCUT2D eigenvalue weighted by Gasteiger charge is 2.43. The van der Waals surface area contributed by atoms with E-state index in [2.05, 4.69) is 25.2 Å². The molecule has 118 valence electrons. The maximum absolute atomic E-state index is 6.08. The summed E-state index contributed by atoms with van der Waals surface area (Å²) >= 11 is 0. The van der Waals surface area contributed by atoms with Gasteiger partial charge >= 0.3 is 0 Å². The van der Waals surface area contributed by atoms with Gasteiger partial charge in [0, 0.05) is 31.2 Å². The molecule has 0 aliphatic carbocycles. The third-order valence-electron chi connectivity index (χ3n) is 4.91. The van der Waals surface area contributed by atoms with Crippen LogP contribution in [0.2, 0.25) is 0 Å². The third kappa shape index (κ3) is 3.03. The van der Waals surface area contributed by atoms with Crippen molar-refractivity contribution in [1.82, 2.24) is 5.32 Å². The highest BCUT2D eigenvalue weighted by Crippen LogP contribution is 2.41. The molecule has 0 aromatic carbocycles. The topological polar surface area (TPSA) is 43.6 Å². The SMILES string of the molecule is CCNC(c1cc(C)oc1C)C1CCOC2(CCOC2)C1. The molecular weight excluding hydrogens is 266 g/mol. The standard InChI is InChI=1S/C17H27NO3/c1-4-18-16(15-9-12(2)21-13(15)3)14-5-7-20-17(10-14)6-8-19-11-17/h9,14,16,18H,4-8,10-11H2,1-3H3. The molecule has 3 heterocycles. The first kappa shape index (κ1) is 15.1. The highest BCUT2D eigenvalue weighted by molar-refractivity contribution is 5.25. The lowest BCUT2D eigenvalue weighted by Crippen LogP contribution is -2.44. The summed E-state index contributed by atoms with van der Waals surface area (Å²) in [5.41, 5.74) is 1.28. The Morgan fingerprint density at radius 3 is 2.86 bits per heavy atom. The molecule has 2 aliphatic rings. The lowest BCUT2D eigenvalue weighted by Gasteiger charge is -2.40. The van der Waals surface area contributed by atoms with Crippen LogP contribution in [0.4, 0.5) is 0 Å². The third-order valence-corrected chi connectivity index (χ3v) is 4.91. The minimum Gasteiger partial charge on any atom is -0.466 e. The summed E-state index contributed by atoms with van der Waals surface area (Å²) < 4.78 is 17.4. The number of hydrogen-bond acceptors (Lipinski definition) is 4. The van der Waals surface area contributed by atoms with E-state index in [4.69, 9.17) is 13.9 Å². The van der Waals surface area contributed by atoms with Crippen LogP contribution in [0.3, 0.4) is 0 Å². The van der Waals surface area contributed by atoms with Crippen molar-refractivity contribution in [3.63, 3.8) is 0 Å². The van der Waals surface area contributed by atoms with Crippen molar-refractivity contribution in [2.45, 2.75) is 51.7 Å². The minimum absolute atomic E-state index is 0.0384. The van der Waals surface area contributed by atoms with Crippen molar-refractivity contribution in [3.05, 3.63) is 23.2 Å². The molecular formula is C17H27NO3. The number of nitrogens with one attached hydrogen (secondary N) is 1. The van der Waals surface area contributed by atoms with Gasteiger partial charge in [-0.25, -0.2) is 0 Å². The molecule has 1 spiro atoms. The maximum Gasteiger partial charge on any atom is 0.105 e. The quantitative estimate of drug-likeness (QED) is 0.926. The fourth-order valence-electron chi connectivity index (χ4n) is 3.92. The zero-order chi connectivity index (χ0) is 14.9. The fourth-order valence-corrected chi connectivity index (χ4v) is 3.92. The Balaban J connectivity index is 1.81. The van der Waals surface area contributed by atoms with Gasteiger partial charge in [-0.15, -0.1) is 0 Å². The van der Waals surface area contributed by atoms with Crippen molar-refractivity contribution < 1.29 is 13.9 Å². The first-order chi connectivity index (χ1) is 10.1. The second-order valence-electron chi connectivity index (χ2n) is 6.49. The monoisotopic (exact) mass is 293 g/mol. The van der Waals surface area contributed by atoms with E-state index in [0.29, 0.717) is 12.0 Å². The molecule has 3 unspecified atom stereocenters. The Kier molecular flexibility index (Phi) is 4.38. The van der Waals surface area contributed by atoms with Crippen molar-refractivity contribution in [1.29, 1.82) is 0 Å². The molecule has 2 saturated heterocycles. The normalized spacial score (nSPS) is 30.9. The molecule has 0 saturated carbocycles. The Labute approximate surface area is 127 Å². The van der Waals surface area contributed by atoms with Crippen LogP contribution < -0.4 is 5.32 Å². The molecule has 2 fully saturated rings. The summed E-state index contributed by atoms with van der Waals surface area (Å²) in [6, 6.07) is 2.55. The molecule has 0 bridgehead atoms. The van der Waals surface area contributed by atoms with Crippen LogP contribution in [-0.4, -0.2) is 32.0 Å². The predicted molar refractivity (Wildman–Crippen MR) is 81.4 cm³/mol. The molecule has 0 amide bonds. The summed E-state index contributed by atoms with van der Waals surface area (Å²) in [5.74, 6) is 2.62. The van der Waals surface area contributed by atoms with Gasteiger partial charge in [-0.2, -0.15) is 0 Å². The molecule has 1 aromatic heterocycles. The van der Waals surface area contributed by atoms with E-state index in [9.17, 15) is 0 Å². The molecule has 1 aromatic rings. The second kappa shape index (κ2) is 6.11. The van der Waals surface area contributed by atoms with Gasteiger partial charge in [0.05, 0.1) is 12.2 Å². The number of rotatable bonds is 4. The summed E-state index contributed by atoms with van der Waals surface area (Å²) in [6.45, 7) is 9.66. The Morgan fingerprint density at radius 2 is 2.24 bits per heavy atom. The number of ether oxygens (including phenoxy) is 2. The predicted octanol–water partition coefficient (Wildman–Crippen LogP) is 3.13. The van der Waals surface area contributed by atoms with Gasteiger partial charge in [0.2, 0.25) is 0 Å². The molecule has 4 nitrogen and oxygen atoms in total. The number of aryl methyl sites for hydroxylation is 2. The smallest absolute Gasteiger partial charge is 0.105 e. The second-order valence-corrected chi connectivity index (χ2v) is 6.49. The average Bonchev–Trinajstić information content (AvgIpc) is 3.03. The van der Waals surface area contributed by atoms with Gasteiger partial charge in [0.25, 0.3) is 0 Å². The Bertz CT molecular complexity index is 476. The first-order valence-electron chi connectivity index (χ1n) is 8.15. The molecule has 3 rings (SSSR count). The highest BCUT2D eigenvalue weighted by atomic mass is 16.6. The van der Waals surface area contributed by atoms with Crippen LogP contribution in [0, 0.1) is 19.8 Å². The summed E-state index contributed by atoms with van der Waals surface area (Å²) in [4.78, 5) is 0. The van der Waals surface area contributed by atoms with Crippen molar-refractivity contribution in [2.24, 2.45) is 5.92 Å². The first-order valence-corrected chi connectivity index (χ1v) is 8.15. The van der Waals surface area contributed by atoms with E-state index in [1.165, 1.54) is 5.56 Å². The van der Waals surface area contributed by atoms with Crippen LogP contribution in [0.25, 0.3) is 0 Å². The van der Waals surface area contributed by atoms with Crippen LogP contribution in [0.5, 0.6) is 0 Å². The summed E-state index contributed by atoms with van der Waals surface area (Å²) in [6.07, 6.45) is 3.21. The van der Waals surface area contributed by atoms with Crippen molar-refractivity contribution in [2.75, 3.05) is 26.4 Å². The van der Waals surface area contributed by atoms with E-state index in [1.807, 2.05) is 6.92 Å². The summed E-state index contributed by atoms with van der Waals surface area (Å²) in [5, 5.41) is 3.67. The van der Waals surface area contributed by atoms with E-state index >= 15 is 0 Å². The van der Waals surface area contributed by atoms with Gasteiger partial charge in [0.15, 0.2) is 0 Å². The van der Waals surface area contributed by atoms with Gasteiger partial charge in [0.1, 0.15) is 11.5 Å². The van der Waals surface area contributed by atoms with Crippen LogP contribution in [0.15, 0.2) is 10.5 Å². The van der Waals surface area contributed by atoms with Gasteiger partial charge in [-0.05, 0) is 45.2 Å². The van der Waals surface area contributed by atoms with Crippen LogP contribution in [-0.2, 0) is 9.47 Å². The van der Waals surface area contributed by atoms with E-state index < -0.39 is 0 Å². The average molecular weight is 293 g/mol. The van der Waals surface area contributed by atoms with Crippen molar-refractivity contribution >= 4 is 0 Å². The number of hydrogen-bond donors (Lipinski definition) is 1. The fraction of sp³-hybridized carbons (Fsp3) is 0.765. The lowest BCUT2D eigenvalue weighted by molar-refractivity contribution is -0.103. The van der Waals surface area contributed by atoms with E-state index in [1.54, 1.807) is 0 Å². The molecule has 1 N–H and O–H groups in total. The molecule has 0 radical (unpaired) electrons. The van der Waals surface area contributed by atoms with Gasteiger partial charge < -0.3 is 19.2 Å². The van der Waals surface area contributed by atoms with Crippen LogP contribution >= 0.6 is 0 Å².